The molecule has 0 radical (unpaired) electrons. The number of halogens is 1. The first kappa shape index (κ1) is 13.7. The van der Waals surface area contributed by atoms with Gasteiger partial charge in [-0.3, -0.25) is 4.79 Å². The van der Waals surface area contributed by atoms with Crippen molar-refractivity contribution in [3.8, 4) is 11.8 Å². The summed E-state index contributed by atoms with van der Waals surface area (Å²) < 4.78 is 10.6. The van der Waals surface area contributed by atoms with Gasteiger partial charge in [0.2, 0.25) is 0 Å². The molecule has 4 nitrogen and oxygen atoms in total. The first-order valence-electron chi connectivity index (χ1n) is 6.04. The second kappa shape index (κ2) is 5.50. The molecule has 0 spiro atoms. The summed E-state index contributed by atoms with van der Waals surface area (Å²) in [5.74, 6) is 0.298. The third kappa shape index (κ3) is 2.99. The summed E-state index contributed by atoms with van der Waals surface area (Å²) in [5, 5.41) is 9.17. The van der Waals surface area contributed by atoms with Crippen LogP contribution in [0.25, 0.3) is 0 Å². The number of carbonyl (C=O) groups excluding carboxylic acids is 1. The minimum absolute atomic E-state index is 0.237. The lowest BCUT2D eigenvalue weighted by atomic mass is 9.77. The van der Waals surface area contributed by atoms with Crippen LogP contribution in [0.5, 0.6) is 5.75 Å². The maximum Gasteiger partial charge on any atom is 0.309 e. The molecule has 0 heterocycles. The molecular formula is C14H14ClNO3. The maximum absolute atomic E-state index is 11.4. The van der Waals surface area contributed by atoms with Crippen LogP contribution in [0, 0.1) is 11.3 Å². The highest BCUT2D eigenvalue weighted by molar-refractivity contribution is 6.31. The van der Waals surface area contributed by atoms with E-state index in [-0.39, 0.29) is 12.4 Å². The molecule has 19 heavy (non-hydrogen) atoms. The first-order valence-corrected chi connectivity index (χ1v) is 6.42. The van der Waals surface area contributed by atoms with Gasteiger partial charge in [0.05, 0.1) is 24.1 Å². The number of hydrogen-bond donors (Lipinski definition) is 0. The van der Waals surface area contributed by atoms with Crippen LogP contribution in [-0.4, -0.2) is 18.7 Å². The number of ether oxygens (including phenoxy) is 2. The third-order valence-electron chi connectivity index (χ3n) is 3.35. The number of carbonyl (C=O) groups is 1. The van der Waals surface area contributed by atoms with Gasteiger partial charge in [-0.25, -0.2) is 0 Å². The second-order valence-corrected chi connectivity index (χ2v) is 5.05. The van der Waals surface area contributed by atoms with Gasteiger partial charge in [-0.2, -0.15) is 5.26 Å². The number of esters is 1. The standard InChI is InChI=1S/C14H14ClNO3/c1-18-13(17)8-14(5-2-6-14)19-11-4-3-10(9-16)12(15)7-11/h3-4,7H,2,5-6,8H2,1H3. The quantitative estimate of drug-likeness (QED) is 0.795. The van der Waals surface area contributed by atoms with Crippen molar-refractivity contribution in [2.75, 3.05) is 7.11 Å². The lowest BCUT2D eigenvalue weighted by molar-refractivity contribution is -0.148. The van der Waals surface area contributed by atoms with E-state index in [1.807, 2.05) is 6.07 Å². The van der Waals surface area contributed by atoms with E-state index < -0.39 is 5.60 Å². The van der Waals surface area contributed by atoms with Crippen LogP contribution in [-0.2, 0) is 9.53 Å². The van der Waals surface area contributed by atoms with Crippen molar-refractivity contribution in [3.63, 3.8) is 0 Å². The molecule has 0 saturated heterocycles. The SMILES string of the molecule is COC(=O)CC1(Oc2ccc(C#N)c(Cl)c2)CCC1. The molecule has 0 amide bonds. The third-order valence-corrected chi connectivity index (χ3v) is 3.67. The van der Waals surface area contributed by atoms with Gasteiger partial charge in [0.1, 0.15) is 17.4 Å². The van der Waals surface area contributed by atoms with Crippen LogP contribution >= 0.6 is 11.6 Å². The Labute approximate surface area is 116 Å². The monoisotopic (exact) mass is 279 g/mol. The fourth-order valence-corrected chi connectivity index (χ4v) is 2.33. The van der Waals surface area contributed by atoms with E-state index in [0.717, 1.165) is 19.3 Å². The number of rotatable bonds is 4. The topological polar surface area (TPSA) is 59.3 Å². The van der Waals surface area contributed by atoms with E-state index in [1.54, 1.807) is 18.2 Å². The highest BCUT2D eigenvalue weighted by atomic mass is 35.5. The van der Waals surface area contributed by atoms with Crippen LogP contribution in [0.15, 0.2) is 18.2 Å². The van der Waals surface area contributed by atoms with Crippen LogP contribution in [0.1, 0.15) is 31.2 Å². The Morgan fingerprint density at radius 2 is 2.26 bits per heavy atom. The highest BCUT2D eigenvalue weighted by Crippen LogP contribution is 2.40. The summed E-state index contributed by atoms with van der Waals surface area (Å²) in [6.45, 7) is 0. The minimum atomic E-state index is -0.482. The van der Waals surface area contributed by atoms with Crippen molar-refractivity contribution >= 4 is 17.6 Å². The lowest BCUT2D eigenvalue weighted by Gasteiger charge is -2.41. The fourth-order valence-electron chi connectivity index (χ4n) is 2.12. The molecule has 1 aliphatic carbocycles. The van der Waals surface area contributed by atoms with Crippen LogP contribution < -0.4 is 4.74 Å². The molecular weight excluding hydrogens is 266 g/mol. The average Bonchev–Trinajstić information content (AvgIpc) is 2.36. The molecule has 0 N–H and O–H groups in total. The smallest absolute Gasteiger partial charge is 0.309 e. The Morgan fingerprint density at radius 1 is 1.53 bits per heavy atom. The van der Waals surface area contributed by atoms with Gasteiger partial charge in [0.25, 0.3) is 0 Å². The van der Waals surface area contributed by atoms with E-state index in [0.29, 0.717) is 16.3 Å². The predicted octanol–water partition coefficient (Wildman–Crippen LogP) is 3.08. The molecule has 0 atom stereocenters. The number of nitrogens with zero attached hydrogens (tertiary/aromatic N) is 1. The maximum atomic E-state index is 11.4. The van der Waals surface area contributed by atoms with Crippen molar-refractivity contribution in [1.82, 2.24) is 0 Å². The van der Waals surface area contributed by atoms with Gasteiger partial charge < -0.3 is 9.47 Å². The Balaban J connectivity index is 2.13. The molecule has 0 bridgehead atoms. The zero-order chi connectivity index (χ0) is 13.9. The van der Waals surface area contributed by atoms with Crippen LogP contribution in [0.4, 0.5) is 0 Å². The largest absolute Gasteiger partial charge is 0.487 e. The molecule has 1 fully saturated rings. The van der Waals surface area contributed by atoms with Gasteiger partial charge in [-0.1, -0.05) is 11.6 Å². The van der Waals surface area contributed by atoms with Gasteiger partial charge in [0, 0.05) is 6.07 Å². The molecule has 0 aliphatic heterocycles. The molecule has 1 aromatic rings. The van der Waals surface area contributed by atoms with Crippen molar-refractivity contribution in [3.05, 3.63) is 28.8 Å². The molecule has 0 unspecified atom stereocenters. The molecule has 1 saturated carbocycles. The Bertz CT molecular complexity index is 532. The van der Waals surface area contributed by atoms with E-state index in [4.69, 9.17) is 26.3 Å². The molecule has 0 aromatic heterocycles. The predicted molar refractivity (Wildman–Crippen MR) is 70.0 cm³/mol. The summed E-state index contributed by atoms with van der Waals surface area (Å²) in [7, 11) is 1.37. The zero-order valence-electron chi connectivity index (χ0n) is 10.6. The van der Waals surface area contributed by atoms with Gasteiger partial charge in [-0.15, -0.1) is 0 Å². The van der Waals surface area contributed by atoms with Crippen molar-refractivity contribution in [2.45, 2.75) is 31.3 Å². The summed E-state index contributed by atoms with van der Waals surface area (Å²) >= 11 is 5.96. The van der Waals surface area contributed by atoms with Crippen molar-refractivity contribution in [2.24, 2.45) is 0 Å². The number of methoxy groups -OCH3 is 1. The van der Waals surface area contributed by atoms with Gasteiger partial charge in [0.15, 0.2) is 0 Å². The zero-order valence-corrected chi connectivity index (χ0v) is 11.4. The lowest BCUT2D eigenvalue weighted by Crippen LogP contribution is -2.45. The fraction of sp³-hybridized carbons (Fsp3) is 0.429. The summed E-state index contributed by atoms with van der Waals surface area (Å²) in [6.07, 6.45) is 2.90. The Hall–Kier alpha value is -1.73. The molecule has 1 aromatic carbocycles. The number of benzene rings is 1. The molecule has 100 valence electrons. The van der Waals surface area contributed by atoms with Crippen molar-refractivity contribution in [1.29, 1.82) is 5.26 Å². The van der Waals surface area contributed by atoms with E-state index in [9.17, 15) is 4.79 Å². The molecule has 5 heteroatoms. The first-order chi connectivity index (χ1) is 9.08. The van der Waals surface area contributed by atoms with Crippen molar-refractivity contribution < 1.29 is 14.3 Å². The van der Waals surface area contributed by atoms with E-state index in [1.165, 1.54) is 7.11 Å². The Kier molecular flexibility index (Phi) is 3.96. The normalized spacial score (nSPS) is 16.1. The Morgan fingerprint density at radius 3 is 2.74 bits per heavy atom. The van der Waals surface area contributed by atoms with E-state index >= 15 is 0 Å². The highest BCUT2D eigenvalue weighted by Gasteiger charge is 2.41. The van der Waals surface area contributed by atoms with Crippen LogP contribution in [0.2, 0.25) is 5.02 Å². The number of hydrogen-bond acceptors (Lipinski definition) is 4. The average molecular weight is 280 g/mol. The van der Waals surface area contributed by atoms with Gasteiger partial charge >= 0.3 is 5.97 Å². The second-order valence-electron chi connectivity index (χ2n) is 4.64. The van der Waals surface area contributed by atoms with Gasteiger partial charge in [-0.05, 0) is 31.4 Å². The number of nitriles is 1. The van der Waals surface area contributed by atoms with Crippen LogP contribution in [0.3, 0.4) is 0 Å². The molecule has 1 aliphatic rings. The minimum Gasteiger partial charge on any atom is -0.487 e. The summed E-state index contributed by atoms with van der Waals surface area (Å²) in [4.78, 5) is 11.4. The van der Waals surface area contributed by atoms with E-state index in [2.05, 4.69) is 0 Å². The molecule has 2 rings (SSSR count). The summed E-state index contributed by atoms with van der Waals surface area (Å²) in [6, 6.07) is 6.91. The summed E-state index contributed by atoms with van der Waals surface area (Å²) in [5.41, 5.74) is -0.0745.